The van der Waals surface area contributed by atoms with Gasteiger partial charge in [0.2, 0.25) is 0 Å². The van der Waals surface area contributed by atoms with Gasteiger partial charge in [0.1, 0.15) is 11.6 Å². The summed E-state index contributed by atoms with van der Waals surface area (Å²) >= 11 is 0. The van der Waals surface area contributed by atoms with Crippen molar-refractivity contribution in [1.82, 2.24) is 4.90 Å². The molecular weight excluding hydrogens is 326 g/mol. The highest BCUT2D eigenvalue weighted by atomic mass is 32.2. The number of hydrogen-bond acceptors (Lipinski definition) is 5. The lowest BCUT2D eigenvalue weighted by molar-refractivity contribution is 0.249. The Morgan fingerprint density at radius 1 is 1.50 bits per heavy atom. The number of hydrogen-bond donors (Lipinski definition) is 1. The first-order valence-electron chi connectivity index (χ1n) is 8.15. The predicted molar refractivity (Wildman–Crippen MR) is 94.4 cm³/mol. The molecule has 1 unspecified atom stereocenters. The van der Waals surface area contributed by atoms with Gasteiger partial charge in [-0.25, -0.2) is 8.42 Å². The van der Waals surface area contributed by atoms with E-state index in [9.17, 15) is 8.42 Å². The number of benzene rings is 1. The Kier molecular flexibility index (Phi) is 4.54. The van der Waals surface area contributed by atoms with Crippen molar-refractivity contribution in [3.63, 3.8) is 0 Å². The Bertz CT molecular complexity index is 786. The van der Waals surface area contributed by atoms with E-state index < -0.39 is 10.0 Å². The fourth-order valence-electron chi connectivity index (χ4n) is 3.22. The minimum Gasteiger partial charge on any atom is -0.492 e. The van der Waals surface area contributed by atoms with Gasteiger partial charge >= 0.3 is 0 Å². The Morgan fingerprint density at radius 3 is 3.04 bits per heavy atom. The van der Waals surface area contributed by atoms with Crippen LogP contribution in [0, 0.1) is 5.92 Å². The topological polar surface area (TPSA) is 85.0 Å². The highest BCUT2D eigenvalue weighted by molar-refractivity contribution is 7.89. The second-order valence-electron chi connectivity index (χ2n) is 6.32. The highest BCUT2D eigenvalue weighted by Gasteiger charge is 2.27. The van der Waals surface area contributed by atoms with Gasteiger partial charge in [-0.05, 0) is 24.5 Å². The predicted octanol–water partition coefficient (Wildman–Crippen LogP) is 1.86. The van der Waals surface area contributed by atoms with Crippen molar-refractivity contribution < 1.29 is 13.2 Å². The maximum atomic E-state index is 11.7. The lowest BCUT2D eigenvalue weighted by Crippen LogP contribution is -2.25. The largest absolute Gasteiger partial charge is 0.492 e. The van der Waals surface area contributed by atoms with E-state index in [-0.39, 0.29) is 11.6 Å². The molecule has 3 rings (SSSR count). The number of nitrogens with two attached hydrogens (primary N) is 1. The summed E-state index contributed by atoms with van der Waals surface area (Å²) < 4.78 is 33.0. The molecule has 1 atom stereocenters. The summed E-state index contributed by atoms with van der Waals surface area (Å²) in [6.07, 6.45) is 2.02. The van der Waals surface area contributed by atoms with Crippen LogP contribution in [0.3, 0.4) is 0 Å². The van der Waals surface area contributed by atoms with Crippen molar-refractivity contribution >= 4 is 15.9 Å². The van der Waals surface area contributed by atoms with Gasteiger partial charge in [0.05, 0.1) is 17.9 Å². The summed E-state index contributed by atoms with van der Waals surface area (Å²) in [7, 11) is -3.52. The number of sulfonamides is 1. The first-order valence-corrected chi connectivity index (χ1v) is 9.76. The lowest BCUT2D eigenvalue weighted by Gasteiger charge is -2.21. The molecule has 2 aliphatic heterocycles. The van der Waals surface area contributed by atoms with Crippen LogP contribution in [-0.4, -0.2) is 38.8 Å². The third-order valence-corrected chi connectivity index (χ3v) is 5.71. The van der Waals surface area contributed by atoms with Crippen LogP contribution in [0.15, 0.2) is 34.9 Å². The first kappa shape index (κ1) is 16.8. The summed E-state index contributed by atoms with van der Waals surface area (Å²) in [6, 6.07) is 5.36. The molecule has 0 bridgehead atoms. The van der Waals surface area contributed by atoms with Gasteiger partial charge in [-0.1, -0.05) is 25.6 Å². The molecule has 7 heteroatoms. The van der Waals surface area contributed by atoms with Crippen LogP contribution in [0.4, 0.5) is 0 Å². The standard InChI is InChI=1S/C17H23N3O3S/c1-3-12(2)20-8-7-13(9-20)10-23-15-6-4-5-14-11-24(21,22)19-17(18)16(14)15/h4-6,13H,2-3,7-11H2,1H3,(H2,18,19). The van der Waals surface area contributed by atoms with Crippen LogP contribution in [0.2, 0.25) is 0 Å². The summed E-state index contributed by atoms with van der Waals surface area (Å²) in [4.78, 5) is 2.30. The monoisotopic (exact) mass is 349 g/mol. The molecule has 130 valence electrons. The number of likely N-dealkylation sites (tertiary alicyclic amines) is 1. The van der Waals surface area contributed by atoms with Gasteiger partial charge in [0.25, 0.3) is 10.0 Å². The normalized spacial score (nSPS) is 22.0. The van der Waals surface area contributed by atoms with Crippen LogP contribution >= 0.6 is 0 Å². The molecule has 2 heterocycles. The molecule has 1 saturated heterocycles. The highest BCUT2D eigenvalue weighted by Crippen LogP contribution is 2.29. The zero-order valence-corrected chi connectivity index (χ0v) is 14.7. The van der Waals surface area contributed by atoms with E-state index in [1.54, 1.807) is 12.1 Å². The van der Waals surface area contributed by atoms with Gasteiger partial charge in [0.15, 0.2) is 0 Å². The molecule has 1 aromatic rings. The summed E-state index contributed by atoms with van der Waals surface area (Å²) in [5.41, 5.74) is 8.28. The molecule has 2 aliphatic rings. The van der Waals surface area contributed by atoms with Crippen LogP contribution in [0.5, 0.6) is 5.75 Å². The summed E-state index contributed by atoms with van der Waals surface area (Å²) in [6.45, 7) is 8.72. The van der Waals surface area contributed by atoms with E-state index in [4.69, 9.17) is 10.5 Å². The maximum absolute atomic E-state index is 11.7. The smallest absolute Gasteiger partial charge is 0.259 e. The van der Waals surface area contributed by atoms with Gasteiger partial charge in [0, 0.05) is 24.7 Å². The Labute approximate surface area is 143 Å². The number of rotatable bonds is 5. The molecule has 0 spiro atoms. The average Bonchev–Trinajstić information content (AvgIpc) is 2.99. The Hall–Kier alpha value is -2.02. The third kappa shape index (κ3) is 3.40. The Balaban J connectivity index is 1.71. The molecule has 0 amide bonds. The minimum absolute atomic E-state index is 0.0132. The molecule has 0 aromatic heterocycles. The van der Waals surface area contributed by atoms with Gasteiger partial charge in [-0.3, -0.25) is 0 Å². The van der Waals surface area contributed by atoms with Gasteiger partial charge < -0.3 is 15.4 Å². The first-order chi connectivity index (χ1) is 11.4. The average molecular weight is 349 g/mol. The zero-order chi connectivity index (χ0) is 17.3. The second kappa shape index (κ2) is 6.47. The Morgan fingerprint density at radius 2 is 2.29 bits per heavy atom. The van der Waals surface area contributed by atoms with Crippen molar-refractivity contribution in [2.24, 2.45) is 16.0 Å². The minimum atomic E-state index is -3.52. The fraction of sp³-hybridized carbons (Fsp3) is 0.471. The lowest BCUT2D eigenvalue weighted by atomic mass is 10.1. The number of allylic oxidation sites excluding steroid dienone is 1. The van der Waals surface area contributed by atoms with Crippen molar-refractivity contribution in [2.45, 2.75) is 25.5 Å². The van der Waals surface area contributed by atoms with Crippen molar-refractivity contribution in [2.75, 3.05) is 19.7 Å². The van der Waals surface area contributed by atoms with Crippen LogP contribution in [0.25, 0.3) is 0 Å². The molecule has 2 N–H and O–H groups in total. The molecule has 1 fully saturated rings. The third-order valence-electron chi connectivity index (χ3n) is 4.56. The molecule has 24 heavy (non-hydrogen) atoms. The van der Waals surface area contributed by atoms with Gasteiger partial charge in [-0.15, -0.1) is 4.40 Å². The van der Waals surface area contributed by atoms with Gasteiger partial charge in [-0.2, -0.15) is 0 Å². The number of fused-ring (bicyclic) bond motifs is 1. The molecule has 0 saturated carbocycles. The summed E-state index contributed by atoms with van der Waals surface area (Å²) in [5, 5.41) is 0. The molecule has 0 radical (unpaired) electrons. The van der Waals surface area contributed by atoms with E-state index in [0.29, 0.717) is 29.4 Å². The zero-order valence-electron chi connectivity index (χ0n) is 13.9. The van der Waals surface area contributed by atoms with Crippen molar-refractivity contribution in [3.05, 3.63) is 41.6 Å². The van der Waals surface area contributed by atoms with E-state index >= 15 is 0 Å². The van der Waals surface area contributed by atoms with E-state index in [1.807, 2.05) is 6.07 Å². The van der Waals surface area contributed by atoms with Crippen LogP contribution in [0.1, 0.15) is 30.9 Å². The quantitative estimate of drug-likeness (QED) is 0.877. The maximum Gasteiger partial charge on any atom is 0.259 e. The fourth-order valence-corrected chi connectivity index (χ4v) is 4.31. The van der Waals surface area contributed by atoms with E-state index in [2.05, 4.69) is 22.8 Å². The molecule has 1 aromatic carbocycles. The second-order valence-corrected chi connectivity index (χ2v) is 7.96. The van der Waals surface area contributed by atoms with E-state index in [1.165, 1.54) is 0 Å². The van der Waals surface area contributed by atoms with Crippen LogP contribution in [-0.2, 0) is 15.8 Å². The van der Waals surface area contributed by atoms with Crippen molar-refractivity contribution in [1.29, 1.82) is 0 Å². The molecule has 0 aliphatic carbocycles. The van der Waals surface area contributed by atoms with Crippen molar-refractivity contribution in [3.8, 4) is 5.75 Å². The number of nitrogens with zero attached hydrogens (tertiary/aromatic N) is 2. The summed E-state index contributed by atoms with van der Waals surface area (Å²) in [5.74, 6) is 0.915. The number of ether oxygens (including phenoxy) is 1. The van der Waals surface area contributed by atoms with Crippen LogP contribution < -0.4 is 10.5 Å². The molecular formula is C17H23N3O3S. The SMILES string of the molecule is C=C(CC)N1CCC(COc2cccc3c2C(N)=NS(=O)(=O)C3)C1. The van der Waals surface area contributed by atoms with E-state index in [0.717, 1.165) is 31.6 Å². The molecule has 6 nitrogen and oxygen atoms in total. The number of amidine groups is 1.